The van der Waals surface area contributed by atoms with E-state index in [2.05, 4.69) is 4.90 Å². The van der Waals surface area contributed by atoms with Crippen LogP contribution in [0.4, 0.5) is 16.2 Å². The molecule has 2 heterocycles. The van der Waals surface area contributed by atoms with Crippen molar-refractivity contribution in [2.45, 2.75) is 52.1 Å². The molecule has 160 valence electrons. The number of carbonyl (C=O) groups is 1. The Morgan fingerprint density at radius 2 is 1.66 bits per heavy atom. The molecular formula is C21H30ClN3O4. The number of amides is 1. The number of hydrogen-bond donors (Lipinski definition) is 0. The van der Waals surface area contributed by atoms with Gasteiger partial charge >= 0.3 is 6.09 Å². The number of anilines is 1. The topological polar surface area (TPSA) is 75.9 Å². The second kappa shape index (κ2) is 8.78. The highest BCUT2D eigenvalue weighted by atomic mass is 35.5. The van der Waals surface area contributed by atoms with Gasteiger partial charge in [-0.2, -0.15) is 0 Å². The predicted octanol–water partition coefficient (Wildman–Crippen LogP) is 5.11. The van der Waals surface area contributed by atoms with Crippen LogP contribution in [0.5, 0.6) is 0 Å². The van der Waals surface area contributed by atoms with Crippen LogP contribution >= 0.6 is 11.6 Å². The quantitative estimate of drug-likeness (QED) is 0.498. The Morgan fingerprint density at radius 3 is 2.14 bits per heavy atom. The van der Waals surface area contributed by atoms with Gasteiger partial charge < -0.3 is 14.5 Å². The molecule has 1 amide bonds. The maximum Gasteiger partial charge on any atom is 0.410 e. The van der Waals surface area contributed by atoms with Gasteiger partial charge in [0, 0.05) is 38.3 Å². The van der Waals surface area contributed by atoms with Crippen LogP contribution in [0.15, 0.2) is 18.2 Å². The third kappa shape index (κ3) is 5.53. The third-order valence-corrected chi connectivity index (χ3v) is 6.18. The number of piperidine rings is 2. The molecule has 2 saturated heterocycles. The van der Waals surface area contributed by atoms with Crippen molar-refractivity contribution in [1.82, 2.24) is 4.90 Å². The summed E-state index contributed by atoms with van der Waals surface area (Å²) in [6.45, 7) is 8.98. The summed E-state index contributed by atoms with van der Waals surface area (Å²) in [5.41, 5.74) is 0.431. The number of halogens is 1. The van der Waals surface area contributed by atoms with Crippen molar-refractivity contribution in [3.05, 3.63) is 33.3 Å². The fourth-order valence-corrected chi connectivity index (χ4v) is 4.65. The van der Waals surface area contributed by atoms with Crippen molar-refractivity contribution in [3.8, 4) is 0 Å². The van der Waals surface area contributed by atoms with Gasteiger partial charge in [0.1, 0.15) is 5.60 Å². The third-order valence-electron chi connectivity index (χ3n) is 5.88. The van der Waals surface area contributed by atoms with Crippen LogP contribution in [0.2, 0.25) is 5.02 Å². The number of non-ortho nitro benzene ring substituents is 1. The van der Waals surface area contributed by atoms with Gasteiger partial charge in [0.05, 0.1) is 15.6 Å². The molecule has 2 aliphatic heterocycles. The lowest BCUT2D eigenvalue weighted by Crippen LogP contribution is -2.44. The van der Waals surface area contributed by atoms with Gasteiger partial charge in [-0.25, -0.2) is 4.79 Å². The number of hydrogen-bond acceptors (Lipinski definition) is 5. The maximum absolute atomic E-state index is 12.2. The van der Waals surface area contributed by atoms with Gasteiger partial charge in [0.25, 0.3) is 5.69 Å². The largest absolute Gasteiger partial charge is 0.444 e. The summed E-state index contributed by atoms with van der Waals surface area (Å²) < 4.78 is 5.48. The Balaban J connectivity index is 1.49. The molecule has 0 bridgehead atoms. The number of nitro groups is 1. The van der Waals surface area contributed by atoms with Gasteiger partial charge in [-0.05, 0) is 64.4 Å². The summed E-state index contributed by atoms with van der Waals surface area (Å²) in [5.74, 6) is 1.27. The Morgan fingerprint density at radius 1 is 1.10 bits per heavy atom. The average molecular weight is 424 g/mol. The van der Waals surface area contributed by atoms with Gasteiger partial charge in [-0.15, -0.1) is 0 Å². The first-order valence-corrected chi connectivity index (χ1v) is 10.7. The molecule has 0 saturated carbocycles. The molecule has 0 aromatic heterocycles. The van der Waals surface area contributed by atoms with Gasteiger partial charge in [-0.3, -0.25) is 10.1 Å². The van der Waals surface area contributed by atoms with Crippen molar-refractivity contribution in [2.24, 2.45) is 11.8 Å². The lowest BCUT2D eigenvalue weighted by atomic mass is 9.79. The van der Waals surface area contributed by atoms with Crippen LogP contribution in [-0.2, 0) is 4.74 Å². The van der Waals surface area contributed by atoms with E-state index in [0.717, 1.165) is 57.5 Å². The molecule has 0 aliphatic carbocycles. The summed E-state index contributed by atoms with van der Waals surface area (Å²) in [5, 5.41) is 11.3. The summed E-state index contributed by atoms with van der Waals surface area (Å²) >= 11 is 6.29. The highest BCUT2D eigenvalue weighted by Crippen LogP contribution is 2.37. The molecule has 0 atom stereocenters. The van der Waals surface area contributed by atoms with Gasteiger partial charge in [0.15, 0.2) is 0 Å². The Kier molecular flexibility index (Phi) is 6.56. The minimum Gasteiger partial charge on any atom is -0.444 e. The predicted molar refractivity (Wildman–Crippen MR) is 114 cm³/mol. The lowest BCUT2D eigenvalue weighted by Gasteiger charge is -2.41. The number of rotatable bonds is 3. The average Bonchev–Trinajstić information content (AvgIpc) is 2.67. The first kappa shape index (κ1) is 21.7. The first-order chi connectivity index (χ1) is 13.6. The number of nitro benzene ring substituents is 1. The normalized spacial score (nSPS) is 19.3. The molecular weight excluding hydrogens is 394 g/mol. The van der Waals surface area contributed by atoms with Gasteiger partial charge in [-0.1, -0.05) is 11.6 Å². The molecule has 3 rings (SSSR count). The molecule has 8 heteroatoms. The molecule has 7 nitrogen and oxygen atoms in total. The maximum atomic E-state index is 12.2. The van der Waals surface area contributed by atoms with Crippen LogP contribution in [0.1, 0.15) is 46.5 Å². The summed E-state index contributed by atoms with van der Waals surface area (Å²) in [6, 6.07) is 4.69. The number of nitrogens with zero attached hydrogens (tertiary/aromatic N) is 3. The van der Waals surface area contributed by atoms with Crippen LogP contribution in [0.25, 0.3) is 0 Å². The van der Waals surface area contributed by atoms with Crippen molar-refractivity contribution in [2.75, 3.05) is 31.1 Å². The monoisotopic (exact) mass is 423 g/mol. The number of ether oxygens (including phenoxy) is 1. The van der Waals surface area contributed by atoms with Crippen molar-refractivity contribution in [1.29, 1.82) is 0 Å². The Labute approximate surface area is 177 Å². The van der Waals surface area contributed by atoms with E-state index in [4.69, 9.17) is 16.3 Å². The smallest absolute Gasteiger partial charge is 0.410 e. The molecule has 2 aliphatic rings. The zero-order valence-electron chi connectivity index (χ0n) is 17.4. The zero-order chi connectivity index (χ0) is 21.2. The molecule has 0 spiro atoms. The summed E-state index contributed by atoms with van der Waals surface area (Å²) in [4.78, 5) is 26.8. The molecule has 0 radical (unpaired) electrons. The fraction of sp³-hybridized carbons (Fsp3) is 0.667. The lowest BCUT2D eigenvalue weighted by molar-refractivity contribution is -0.384. The molecule has 0 N–H and O–H groups in total. The first-order valence-electron chi connectivity index (χ1n) is 10.3. The highest BCUT2D eigenvalue weighted by molar-refractivity contribution is 6.33. The molecule has 1 aromatic carbocycles. The van der Waals surface area contributed by atoms with Crippen molar-refractivity contribution >= 4 is 29.1 Å². The van der Waals surface area contributed by atoms with Crippen molar-refractivity contribution < 1.29 is 14.5 Å². The summed E-state index contributed by atoms with van der Waals surface area (Å²) in [6.07, 6.45) is 3.97. The number of benzene rings is 1. The molecule has 0 unspecified atom stereocenters. The van der Waals surface area contributed by atoms with Crippen LogP contribution in [-0.4, -0.2) is 47.7 Å². The molecule has 1 aromatic rings. The zero-order valence-corrected chi connectivity index (χ0v) is 18.2. The second-order valence-corrected chi connectivity index (χ2v) is 9.43. The van der Waals surface area contributed by atoms with Crippen molar-refractivity contribution in [3.63, 3.8) is 0 Å². The SMILES string of the molecule is CC(C)(C)OC(=O)N1CCC(C2CCN(c3ccc([N+](=O)[O-])cc3Cl)CC2)CC1. The standard InChI is InChI=1S/C21H30ClN3O4/c1-21(2,3)29-20(26)24-12-8-16(9-13-24)15-6-10-23(11-7-15)19-5-4-17(25(27)28)14-18(19)22/h4-5,14-16H,6-13H2,1-3H3. The van der Waals surface area contributed by atoms with Crippen LogP contribution < -0.4 is 4.90 Å². The Hall–Kier alpha value is -2.02. The van der Waals surface area contributed by atoms with E-state index in [1.165, 1.54) is 12.1 Å². The summed E-state index contributed by atoms with van der Waals surface area (Å²) in [7, 11) is 0. The minimum absolute atomic E-state index is 0.0189. The molecule has 29 heavy (non-hydrogen) atoms. The fourth-order valence-electron chi connectivity index (χ4n) is 4.36. The van der Waals surface area contributed by atoms with E-state index >= 15 is 0 Å². The van der Waals surface area contributed by atoms with Crippen LogP contribution in [0.3, 0.4) is 0 Å². The number of likely N-dealkylation sites (tertiary alicyclic amines) is 1. The Bertz CT molecular complexity index is 749. The van der Waals surface area contributed by atoms with E-state index in [-0.39, 0.29) is 11.8 Å². The second-order valence-electron chi connectivity index (χ2n) is 9.02. The van der Waals surface area contributed by atoms with E-state index in [1.54, 1.807) is 6.07 Å². The van der Waals surface area contributed by atoms with E-state index in [0.29, 0.717) is 16.9 Å². The number of carbonyl (C=O) groups excluding carboxylic acids is 1. The van der Waals surface area contributed by atoms with E-state index < -0.39 is 10.5 Å². The molecule has 2 fully saturated rings. The van der Waals surface area contributed by atoms with Gasteiger partial charge in [0.2, 0.25) is 0 Å². The van der Waals surface area contributed by atoms with Crippen LogP contribution in [0, 0.1) is 22.0 Å². The highest BCUT2D eigenvalue weighted by Gasteiger charge is 2.32. The van der Waals surface area contributed by atoms with E-state index in [1.807, 2.05) is 25.7 Å². The van der Waals surface area contributed by atoms with E-state index in [9.17, 15) is 14.9 Å². The minimum atomic E-state index is -0.458.